The summed E-state index contributed by atoms with van der Waals surface area (Å²) in [7, 11) is 0. The lowest BCUT2D eigenvalue weighted by atomic mass is 10.3. The van der Waals surface area contributed by atoms with Crippen LogP contribution in [0.5, 0.6) is 0 Å². The first-order valence-electron chi connectivity index (χ1n) is 4.60. The van der Waals surface area contributed by atoms with Gasteiger partial charge in [0.15, 0.2) is 0 Å². The second kappa shape index (κ2) is 6.05. The highest BCUT2D eigenvalue weighted by molar-refractivity contribution is 7.98. The molecule has 0 radical (unpaired) electrons. The van der Waals surface area contributed by atoms with Crippen molar-refractivity contribution in [2.75, 3.05) is 5.75 Å². The average Bonchev–Trinajstić information content (AvgIpc) is 2.53. The summed E-state index contributed by atoms with van der Waals surface area (Å²) in [5, 5.41) is 11.6. The zero-order valence-corrected chi connectivity index (χ0v) is 10.1. The molecule has 1 heterocycles. The Hall–Kier alpha value is -0.530. The lowest BCUT2D eigenvalue weighted by Crippen LogP contribution is -1.91. The Kier molecular flexibility index (Phi) is 4.99. The molecule has 0 aliphatic heterocycles. The minimum atomic E-state index is 0.436. The first-order chi connectivity index (χ1) is 6.72. The predicted octanol–water partition coefficient (Wildman–Crippen LogP) is 3.10. The van der Waals surface area contributed by atoms with E-state index in [0.717, 1.165) is 22.4 Å². The minimum Gasteiger partial charge on any atom is -0.244 e. The summed E-state index contributed by atoms with van der Waals surface area (Å²) in [5.41, 5.74) is 0.914. The monoisotopic (exact) mass is 226 g/mol. The molecule has 4 heteroatoms. The molecular formula is C10H14N2S2. The Morgan fingerprint density at radius 1 is 1.64 bits per heavy atom. The van der Waals surface area contributed by atoms with Crippen LogP contribution in [0.4, 0.5) is 0 Å². The Balaban J connectivity index is 2.33. The maximum absolute atomic E-state index is 8.49. The van der Waals surface area contributed by atoms with E-state index in [1.807, 2.05) is 17.1 Å². The van der Waals surface area contributed by atoms with Crippen molar-refractivity contribution >= 4 is 23.1 Å². The fourth-order valence-electron chi connectivity index (χ4n) is 0.959. The van der Waals surface area contributed by atoms with Gasteiger partial charge in [0.25, 0.3) is 0 Å². The molecule has 0 N–H and O–H groups in total. The van der Waals surface area contributed by atoms with Crippen molar-refractivity contribution in [1.29, 1.82) is 5.26 Å². The van der Waals surface area contributed by atoms with E-state index in [0.29, 0.717) is 6.42 Å². The van der Waals surface area contributed by atoms with Crippen LogP contribution in [0, 0.1) is 17.2 Å². The molecule has 0 bridgehead atoms. The fraction of sp³-hybridized carbons (Fsp3) is 0.600. The molecule has 0 aromatic carbocycles. The topological polar surface area (TPSA) is 36.7 Å². The first kappa shape index (κ1) is 11.5. The second-order valence-corrected chi connectivity index (χ2v) is 5.45. The lowest BCUT2D eigenvalue weighted by molar-refractivity contribution is 0.750. The van der Waals surface area contributed by atoms with E-state index in [4.69, 9.17) is 5.26 Å². The molecule has 1 aromatic rings. The number of thiazole rings is 1. The zero-order valence-electron chi connectivity index (χ0n) is 8.49. The number of nitriles is 1. The van der Waals surface area contributed by atoms with Crippen molar-refractivity contribution in [3.8, 4) is 6.07 Å². The van der Waals surface area contributed by atoms with Gasteiger partial charge in [0.2, 0.25) is 0 Å². The molecule has 0 aliphatic carbocycles. The summed E-state index contributed by atoms with van der Waals surface area (Å²) in [6.07, 6.45) is 0.436. The van der Waals surface area contributed by atoms with E-state index in [1.54, 1.807) is 11.3 Å². The van der Waals surface area contributed by atoms with E-state index in [-0.39, 0.29) is 0 Å². The normalized spacial score (nSPS) is 10.4. The van der Waals surface area contributed by atoms with Crippen LogP contribution in [0.2, 0.25) is 0 Å². The molecule has 0 aliphatic rings. The lowest BCUT2D eigenvalue weighted by Gasteiger charge is -2.01. The number of hydrogen-bond donors (Lipinski definition) is 0. The summed E-state index contributed by atoms with van der Waals surface area (Å²) >= 11 is 3.57. The van der Waals surface area contributed by atoms with Crippen LogP contribution >= 0.6 is 23.1 Å². The first-order valence-corrected chi connectivity index (χ1v) is 6.63. The molecule has 1 rings (SSSR count). The number of hydrogen-bond acceptors (Lipinski definition) is 4. The molecule has 2 nitrogen and oxygen atoms in total. The van der Waals surface area contributed by atoms with Crippen LogP contribution in [-0.2, 0) is 12.2 Å². The summed E-state index contributed by atoms with van der Waals surface area (Å²) < 4.78 is 0. The van der Waals surface area contributed by atoms with Crippen LogP contribution in [0.1, 0.15) is 24.5 Å². The highest BCUT2D eigenvalue weighted by atomic mass is 32.2. The molecule has 0 saturated carbocycles. The van der Waals surface area contributed by atoms with Crippen molar-refractivity contribution in [3.63, 3.8) is 0 Å². The average molecular weight is 226 g/mol. The zero-order chi connectivity index (χ0) is 10.4. The van der Waals surface area contributed by atoms with Crippen LogP contribution < -0.4 is 0 Å². The third-order valence-electron chi connectivity index (χ3n) is 1.54. The quantitative estimate of drug-likeness (QED) is 0.774. The van der Waals surface area contributed by atoms with Gasteiger partial charge in [-0.15, -0.1) is 11.3 Å². The number of aromatic nitrogens is 1. The standard InChI is InChI=1S/C10H14N2S2/c1-8(2)5-13-7-10-12-9(3-4-11)6-14-10/h6,8H,3,5,7H2,1-2H3. The molecule has 0 saturated heterocycles. The van der Waals surface area contributed by atoms with Gasteiger partial charge in [-0.3, -0.25) is 0 Å². The van der Waals surface area contributed by atoms with E-state index in [9.17, 15) is 0 Å². The SMILES string of the molecule is CC(C)CSCc1nc(CC#N)cs1. The number of thioether (sulfide) groups is 1. The van der Waals surface area contributed by atoms with Crippen molar-refractivity contribution in [3.05, 3.63) is 16.1 Å². The van der Waals surface area contributed by atoms with E-state index in [2.05, 4.69) is 24.9 Å². The molecule has 0 unspecified atom stereocenters. The third-order valence-corrected chi connectivity index (χ3v) is 4.00. The van der Waals surface area contributed by atoms with Gasteiger partial charge < -0.3 is 0 Å². The van der Waals surface area contributed by atoms with Gasteiger partial charge in [-0.25, -0.2) is 4.98 Å². The summed E-state index contributed by atoms with van der Waals surface area (Å²) in [6.45, 7) is 4.44. The fourth-order valence-corrected chi connectivity index (χ4v) is 2.89. The van der Waals surface area contributed by atoms with Crippen molar-refractivity contribution < 1.29 is 0 Å². The Labute approximate surface area is 93.4 Å². The number of nitrogens with zero attached hydrogens (tertiary/aromatic N) is 2. The molecule has 0 amide bonds. The van der Waals surface area contributed by atoms with Crippen molar-refractivity contribution in [1.82, 2.24) is 4.98 Å². The largest absolute Gasteiger partial charge is 0.244 e. The van der Waals surface area contributed by atoms with E-state index < -0.39 is 0 Å². The molecule has 76 valence electrons. The third kappa shape index (κ3) is 4.12. The Morgan fingerprint density at radius 3 is 3.07 bits per heavy atom. The summed E-state index contributed by atoms with van der Waals surface area (Å²) in [6, 6.07) is 2.11. The number of rotatable bonds is 5. The Bertz CT molecular complexity index is 312. The maximum atomic E-state index is 8.49. The van der Waals surface area contributed by atoms with Gasteiger partial charge in [0, 0.05) is 11.1 Å². The Morgan fingerprint density at radius 2 is 2.43 bits per heavy atom. The maximum Gasteiger partial charge on any atom is 0.103 e. The van der Waals surface area contributed by atoms with Gasteiger partial charge in [0.05, 0.1) is 18.2 Å². The van der Waals surface area contributed by atoms with E-state index >= 15 is 0 Å². The molecule has 0 fully saturated rings. The predicted molar refractivity (Wildman–Crippen MR) is 62.4 cm³/mol. The van der Waals surface area contributed by atoms with Gasteiger partial charge in [0.1, 0.15) is 5.01 Å². The summed E-state index contributed by atoms with van der Waals surface area (Å²) in [4.78, 5) is 4.37. The molecule has 0 spiro atoms. The highest BCUT2D eigenvalue weighted by Crippen LogP contribution is 2.18. The van der Waals surface area contributed by atoms with Crippen molar-refractivity contribution in [2.45, 2.75) is 26.0 Å². The van der Waals surface area contributed by atoms with Crippen LogP contribution in [0.3, 0.4) is 0 Å². The highest BCUT2D eigenvalue weighted by Gasteiger charge is 2.02. The molecular weight excluding hydrogens is 212 g/mol. The van der Waals surface area contributed by atoms with E-state index in [1.165, 1.54) is 5.75 Å². The van der Waals surface area contributed by atoms with Crippen molar-refractivity contribution in [2.24, 2.45) is 5.92 Å². The van der Waals surface area contributed by atoms with Crippen LogP contribution in [0.25, 0.3) is 0 Å². The van der Waals surface area contributed by atoms with Gasteiger partial charge in [-0.05, 0) is 11.7 Å². The second-order valence-electron chi connectivity index (χ2n) is 3.48. The molecule has 14 heavy (non-hydrogen) atoms. The summed E-state index contributed by atoms with van der Waals surface area (Å²) in [5.74, 6) is 2.89. The minimum absolute atomic E-state index is 0.436. The van der Waals surface area contributed by atoms with Gasteiger partial charge >= 0.3 is 0 Å². The van der Waals surface area contributed by atoms with Gasteiger partial charge in [-0.1, -0.05) is 13.8 Å². The van der Waals surface area contributed by atoms with Gasteiger partial charge in [-0.2, -0.15) is 17.0 Å². The van der Waals surface area contributed by atoms with Crippen LogP contribution in [0.15, 0.2) is 5.38 Å². The molecule has 1 aromatic heterocycles. The molecule has 0 atom stereocenters. The van der Waals surface area contributed by atoms with Crippen LogP contribution in [-0.4, -0.2) is 10.7 Å². The smallest absolute Gasteiger partial charge is 0.103 e.